The smallest absolute Gasteiger partial charge is 0.236 e. The van der Waals surface area contributed by atoms with Crippen molar-refractivity contribution < 1.29 is 4.79 Å². The van der Waals surface area contributed by atoms with E-state index in [1.54, 1.807) is 0 Å². The summed E-state index contributed by atoms with van der Waals surface area (Å²) in [5.74, 6) is 0.677. The number of amides is 1. The molecule has 0 radical (unpaired) electrons. The van der Waals surface area contributed by atoms with Crippen LogP contribution in [0.15, 0.2) is 0 Å². The van der Waals surface area contributed by atoms with Gasteiger partial charge in [0.2, 0.25) is 5.91 Å². The topological polar surface area (TPSA) is 81.1 Å². The van der Waals surface area contributed by atoms with Gasteiger partial charge in [0.15, 0.2) is 0 Å². The van der Waals surface area contributed by atoms with Gasteiger partial charge in [0.25, 0.3) is 0 Å². The van der Waals surface area contributed by atoms with Crippen LogP contribution < -0.4 is 16.8 Å². The van der Waals surface area contributed by atoms with Gasteiger partial charge in [-0.1, -0.05) is 25.7 Å². The molecule has 4 nitrogen and oxygen atoms in total. The molecule has 100 valence electrons. The summed E-state index contributed by atoms with van der Waals surface area (Å²) in [6, 6.07) is -0.356. The third kappa shape index (κ3) is 6.03. The van der Waals surface area contributed by atoms with Crippen LogP contribution in [0.5, 0.6) is 0 Å². The van der Waals surface area contributed by atoms with Gasteiger partial charge < -0.3 is 16.8 Å². The average molecular weight is 241 g/mol. The Bertz CT molecular complexity index is 215. The molecule has 0 aromatic heterocycles. The van der Waals surface area contributed by atoms with Gasteiger partial charge in [-0.3, -0.25) is 4.79 Å². The summed E-state index contributed by atoms with van der Waals surface area (Å²) in [6.45, 7) is 1.49. The second kappa shape index (κ2) is 8.48. The van der Waals surface area contributed by atoms with E-state index in [9.17, 15) is 4.79 Å². The van der Waals surface area contributed by atoms with Crippen LogP contribution in [0.1, 0.15) is 51.4 Å². The second-order valence-corrected chi connectivity index (χ2v) is 5.14. The Morgan fingerprint density at radius 2 is 1.94 bits per heavy atom. The molecule has 1 rings (SSSR count). The number of hydrogen-bond acceptors (Lipinski definition) is 3. The number of rotatable bonds is 7. The highest BCUT2D eigenvalue weighted by molar-refractivity contribution is 5.81. The van der Waals surface area contributed by atoms with Crippen molar-refractivity contribution in [1.82, 2.24) is 5.32 Å². The Balaban J connectivity index is 2.10. The molecule has 1 fully saturated rings. The van der Waals surface area contributed by atoms with E-state index in [1.165, 1.54) is 32.1 Å². The van der Waals surface area contributed by atoms with Crippen LogP contribution in [0.25, 0.3) is 0 Å². The van der Waals surface area contributed by atoms with E-state index in [-0.39, 0.29) is 11.9 Å². The van der Waals surface area contributed by atoms with Gasteiger partial charge in [-0.25, -0.2) is 0 Å². The van der Waals surface area contributed by atoms with Gasteiger partial charge in [-0.15, -0.1) is 0 Å². The van der Waals surface area contributed by atoms with E-state index in [1.807, 2.05) is 0 Å². The van der Waals surface area contributed by atoms with Gasteiger partial charge in [0.05, 0.1) is 6.04 Å². The molecule has 1 aliphatic carbocycles. The number of unbranched alkanes of at least 4 members (excludes halogenated alkanes) is 1. The lowest BCUT2D eigenvalue weighted by Crippen LogP contribution is -2.42. The minimum absolute atomic E-state index is 0.00703. The van der Waals surface area contributed by atoms with Crippen molar-refractivity contribution in [3.63, 3.8) is 0 Å². The van der Waals surface area contributed by atoms with Crippen molar-refractivity contribution in [2.45, 2.75) is 57.4 Å². The lowest BCUT2D eigenvalue weighted by molar-refractivity contribution is -0.122. The third-order valence-electron chi connectivity index (χ3n) is 3.60. The number of carbonyl (C=O) groups excluding carboxylic acids is 1. The Hall–Kier alpha value is -0.610. The number of carbonyl (C=O) groups is 1. The monoisotopic (exact) mass is 241 g/mol. The normalized spacial score (nSPS) is 18.9. The van der Waals surface area contributed by atoms with Gasteiger partial charge in [-0.05, 0) is 38.1 Å². The Morgan fingerprint density at radius 3 is 2.59 bits per heavy atom. The molecule has 1 unspecified atom stereocenters. The summed E-state index contributed by atoms with van der Waals surface area (Å²) in [6.07, 6.45) is 9.10. The zero-order chi connectivity index (χ0) is 12.5. The number of nitrogens with two attached hydrogens (primary N) is 2. The van der Waals surface area contributed by atoms with Crippen LogP contribution in [-0.4, -0.2) is 25.0 Å². The molecule has 0 saturated heterocycles. The molecule has 1 aliphatic rings. The van der Waals surface area contributed by atoms with Crippen LogP contribution in [0, 0.1) is 5.92 Å². The first-order valence-corrected chi connectivity index (χ1v) is 6.97. The van der Waals surface area contributed by atoms with Gasteiger partial charge in [0, 0.05) is 6.54 Å². The second-order valence-electron chi connectivity index (χ2n) is 5.14. The van der Waals surface area contributed by atoms with E-state index < -0.39 is 0 Å². The molecule has 0 aromatic rings. The fourth-order valence-electron chi connectivity index (χ4n) is 2.41. The van der Waals surface area contributed by atoms with Crippen molar-refractivity contribution in [2.24, 2.45) is 17.4 Å². The van der Waals surface area contributed by atoms with Gasteiger partial charge in [0.1, 0.15) is 0 Å². The van der Waals surface area contributed by atoms with Crippen LogP contribution in [0.4, 0.5) is 0 Å². The molecule has 0 aromatic carbocycles. The number of hydrogen-bond donors (Lipinski definition) is 3. The van der Waals surface area contributed by atoms with Crippen molar-refractivity contribution in [3.8, 4) is 0 Å². The first-order valence-electron chi connectivity index (χ1n) is 6.97. The Morgan fingerprint density at radius 1 is 1.24 bits per heavy atom. The minimum atomic E-state index is -0.356. The van der Waals surface area contributed by atoms with Gasteiger partial charge >= 0.3 is 0 Å². The molecule has 0 bridgehead atoms. The molecular formula is C13H27N3O. The van der Waals surface area contributed by atoms with E-state index in [0.717, 1.165) is 25.8 Å². The maximum atomic E-state index is 11.7. The largest absolute Gasteiger partial charge is 0.354 e. The molecule has 1 saturated carbocycles. The van der Waals surface area contributed by atoms with E-state index in [0.29, 0.717) is 12.5 Å². The zero-order valence-electron chi connectivity index (χ0n) is 10.8. The lowest BCUT2D eigenvalue weighted by atomic mass is 9.89. The van der Waals surface area contributed by atoms with Crippen LogP contribution in [0.3, 0.4) is 0 Å². The highest BCUT2D eigenvalue weighted by atomic mass is 16.2. The van der Waals surface area contributed by atoms with E-state index in [2.05, 4.69) is 5.32 Å². The highest BCUT2D eigenvalue weighted by Gasteiger charge is 2.17. The van der Waals surface area contributed by atoms with E-state index >= 15 is 0 Å². The van der Waals surface area contributed by atoms with Crippen LogP contribution >= 0.6 is 0 Å². The summed E-state index contributed by atoms with van der Waals surface area (Å²) in [4.78, 5) is 11.7. The third-order valence-corrected chi connectivity index (χ3v) is 3.60. The quantitative estimate of drug-likeness (QED) is 0.585. The van der Waals surface area contributed by atoms with Crippen LogP contribution in [-0.2, 0) is 4.79 Å². The van der Waals surface area contributed by atoms with Gasteiger partial charge in [-0.2, -0.15) is 0 Å². The summed E-state index contributed by atoms with van der Waals surface area (Å²) in [5, 5.41) is 2.98. The summed E-state index contributed by atoms with van der Waals surface area (Å²) >= 11 is 0. The zero-order valence-corrected chi connectivity index (χ0v) is 10.8. The Labute approximate surface area is 105 Å². The molecule has 17 heavy (non-hydrogen) atoms. The van der Waals surface area contributed by atoms with Crippen molar-refractivity contribution >= 4 is 5.91 Å². The highest BCUT2D eigenvalue weighted by Crippen LogP contribution is 2.22. The predicted molar refractivity (Wildman–Crippen MR) is 70.5 cm³/mol. The van der Waals surface area contributed by atoms with Crippen LogP contribution in [0.2, 0.25) is 0 Å². The first kappa shape index (κ1) is 14.5. The minimum Gasteiger partial charge on any atom is -0.354 e. The van der Waals surface area contributed by atoms with Crippen molar-refractivity contribution in [3.05, 3.63) is 0 Å². The SMILES string of the molecule is NCCCCC(N)C(=O)NCC1CCCCC1. The standard InChI is InChI=1S/C13H27N3O/c14-9-5-4-8-12(15)13(17)16-10-11-6-2-1-3-7-11/h11-12H,1-10,14-15H2,(H,16,17). The fraction of sp³-hybridized carbons (Fsp3) is 0.923. The molecule has 1 amide bonds. The molecule has 0 aliphatic heterocycles. The first-order chi connectivity index (χ1) is 8.24. The molecule has 0 heterocycles. The predicted octanol–water partition coefficient (Wildman–Crippen LogP) is 1.14. The molecule has 0 spiro atoms. The molecule has 1 atom stereocenters. The average Bonchev–Trinajstić information content (AvgIpc) is 2.37. The fourth-order valence-corrected chi connectivity index (χ4v) is 2.41. The summed E-state index contributed by atoms with van der Waals surface area (Å²) < 4.78 is 0. The van der Waals surface area contributed by atoms with Crippen molar-refractivity contribution in [1.29, 1.82) is 0 Å². The summed E-state index contributed by atoms with van der Waals surface area (Å²) in [7, 11) is 0. The molecular weight excluding hydrogens is 214 g/mol. The van der Waals surface area contributed by atoms with E-state index in [4.69, 9.17) is 11.5 Å². The summed E-state index contributed by atoms with van der Waals surface area (Å²) in [5.41, 5.74) is 11.2. The maximum Gasteiger partial charge on any atom is 0.236 e. The molecule has 4 heteroatoms. The number of nitrogens with one attached hydrogen (secondary N) is 1. The lowest BCUT2D eigenvalue weighted by Gasteiger charge is -2.22. The maximum absolute atomic E-state index is 11.7. The van der Waals surface area contributed by atoms with Crippen molar-refractivity contribution in [2.75, 3.05) is 13.1 Å². The Kier molecular flexibility index (Phi) is 7.21. The molecule has 5 N–H and O–H groups in total.